The van der Waals surface area contributed by atoms with Crippen LogP contribution in [-0.4, -0.2) is 10.9 Å². The van der Waals surface area contributed by atoms with Gasteiger partial charge in [-0.1, -0.05) is 28.8 Å². The molecule has 1 heterocycles. The van der Waals surface area contributed by atoms with E-state index in [9.17, 15) is 4.39 Å². The van der Waals surface area contributed by atoms with E-state index in [4.69, 9.17) is 4.74 Å². The molecular weight excluding hydrogens is 295 g/mol. The Morgan fingerprint density at radius 1 is 1.28 bits per heavy atom. The third-order valence-corrected chi connectivity index (χ3v) is 5.35. The van der Waals surface area contributed by atoms with Crippen LogP contribution in [0.1, 0.15) is 37.7 Å². The summed E-state index contributed by atoms with van der Waals surface area (Å²) in [5, 5.41) is 0. The van der Waals surface area contributed by atoms with E-state index in [0.29, 0.717) is 10.7 Å². The van der Waals surface area contributed by atoms with Gasteiger partial charge in [0.2, 0.25) is 0 Å². The number of benzene rings is 1. The van der Waals surface area contributed by atoms with E-state index in [1.54, 1.807) is 12.1 Å². The molecule has 0 radical (unpaired) electrons. The van der Waals surface area contributed by atoms with Crippen LogP contribution < -0.4 is 4.74 Å². The molecule has 98 valence electrons. The lowest BCUT2D eigenvalue weighted by molar-refractivity contribution is 0.179. The van der Waals surface area contributed by atoms with Gasteiger partial charge in [-0.25, -0.2) is 4.39 Å². The molecule has 0 saturated heterocycles. The van der Waals surface area contributed by atoms with Crippen molar-refractivity contribution in [2.75, 3.05) is 0 Å². The third-order valence-electron chi connectivity index (χ3n) is 4.15. The third kappa shape index (κ3) is 2.56. The van der Waals surface area contributed by atoms with Crippen molar-refractivity contribution in [1.29, 1.82) is 0 Å². The van der Waals surface area contributed by atoms with E-state index in [-0.39, 0.29) is 11.9 Å². The summed E-state index contributed by atoms with van der Waals surface area (Å²) < 4.78 is 19.1. The normalized spacial score (nSPS) is 30.9. The molecule has 1 saturated carbocycles. The maximum absolute atomic E-state index is 13.1. The van der Waals surface area contributed by atoms with Gasteiger partial charge in [0.25, 0.3) is 0 Å². The molecule has 2 aliphatic rings. The van der Waals surface area contributed by atoms with Gasteiger partial charge in [-0.3, -0.25) is 0 Å². The van der Waals surface area contributed by atoms with Crippen molar-refractivity contribution in [2.24, 2.45) is 5.92 Å². The molecule has 1 aromatic rings. The van der Waals surface area contributed by atoms with E-state index in [1.807, 2.05) is 0 Å². The minimum Gasteiger partial charge on any atom is -0.490 e. The summed E-state index contributed by atoms with van der Waals surface area (Å²) in [5.74, 6) is 1.43. The Hall–Kier alpha value is -0.570. The fourth-order valence-electron chi connectivity index (χ4n) is 3.19. The van der Waals surface area contributed by atoms with Crippen molar-refractivity contribution in [3.8, 4) is 5.75 Å². The number of alkyl halides is 1. The van der Waals surface area contributed by atoms with Crippen LogP contribution in [0, 0.1) is 11.7 Å². The van der Waals surface area contributed by atoms with Crippen LogP contribution in [0.5, 0.6) is 5.75 Å². The molecule has 0 amide bonds. The molecule has 0 bridgehead atoms. The lowest BCUT2D eigenvalue weighted by atomic mass is 9.84. The van der Waals surface area contributed by atoms with Gasteiger partial charge in [-0.15, -0.1) is 0 Å². The number of hydrogen-bond donors (Lipinski definition) is 0. The summed E-state index contributed by atoms with van der Waals surface area (Å²) in [7, 11) is 0. The van der Waals surface area contributed by atoms with Crippen LogP contribution in [-0.2, 0) is 6.42 Å². The van der Waals surface area contributed by atoms with Gasteiger partial charge in [0.15, 0.2) is 0 Å². The maximum atomic E-state index is 13.1. The van der Waals surface area contributed by atoms with Crippen molar-refractivity contribution >= 4 is 15.9 Å². The molecule has 3 atom stereocenters. The zero-order valence-electron chi connectivity index (χ0n) is 10.4. The first-order valence-electron chi connectivity index (χ1n) is 6.81. The molecule has 1 nitrogen and oxygen atoms in total. The summed E-state index contributed by atoms with van der Waals surface area (Å²) in [5.41, 5.74) is 1.03. The van der Waals surface area contributed by atoms with Gasteiger partial charge >= 0.3 is 0 Å². The van der Waals surface area contributed by atoms with Crippen LogP contribution in [0.15, 0.2) is 18.2 Å². The molecule has 1 aromatic carbocycles. The summed E-state index contributed by atoms with van der Waals surface area (Å²) in [6.45, 7) is 0. The molecular formula is C15H18BrFO. The van der Waals surface area contributed by atoms with Gasteiger partial charge in [0.1, 0.15) is 17.7 Å². The van der Waals surface area contributed by atoms with E-state index in [0.717, 1.165) is 24.2 Å². The molecule has 0 spiro atoms. The Bertz CT molecular complexity index is 435. The smallest absolute Gasteiger partial charge is 0.123 e. The van der Waals surface area contributed by atoms with Crippen LogP contribution in [0.25, 0.3) is 0 Å². The number of ether oxygens (including phenoxy) is 1. The van der Waals surface area contributed by atoms with E-state index >= 15 is 0 Å². The van der Waals surface area contributed by atoms with Crippen LogP contribution in [0.2, 0.25) is 0 Å². The van der Waals surface area contributed by atoms with Gasteiger partial charge in [-0.2, -0.15) is 0 Å². The van der Waals surface area contributed by atoms with Gasteiger partial charge in [0.05, 0.1) is 0 Å². The summed E-state index contributed by atoms with van der Waals surface area (Å²) >= 11 is 3.79. The van der Waals surface area contributed by atoms with Crippen molar-refractivity contribution in [3.63, 3.8) is 0 Å². The first kappa shape index (κ1) is 12.5. The highest BCUT2D eigenvalue weighted by Crippen LogP contribution is 2.37. The first-order chi connectivity index (χ1) is 8.72. The number of halogens is 2. The highest BCUT2D eigenvalue weighted by atomic mass is 79.9. The largest absolute Gasteiger partial charge is 0.490 e. The predicted molar refractivity (Wildman–Crippen MR) is 73.8 cm³/mol. The van der Waals surface area contributed by atoms with E-state index < -0.39 is 0 Å². The standard InChI is InChI=1S/C15H18BrFO/c16-14-4-2-1-3-10(14)8-13-9-11-7-12(17)5-6-15(11)18-13/h5-7,10,13-14H,1-4,8-9H2. The molecule has 0 N–H and O–H groups in total. The Morgan fingerprint density at radius 2 is 2.11 bits per heavy atom. The van der Waals surface area contributed by atoms with E-state index in [2.05, 4.69) is 15.9 Å². The fourth-order valence-corrected chi connectivity index (χ4v) is 3.99. The van der Waals surface area contributed by atoms with Crippen molar-refractivity contribution in [1.82, 2.24) is 0 Å². The second-order valence-electron chi connectivity index (χ2n) is 5.49. The molecule has 0 aromatic heterocycles. The van der Waals surface area contributed by atoms with Crippen molar-refractivity contribution < 1.29 is 9.13 Å². The summed E-state index contributed by atoms with van der Waals surface area (Å²) in [4.78, 5) is 0.635. The van der Waals surface area contributed by atoms with E-state index in [1.165, 1.54) is 31.7 Å². The molecule has 1 fully saturated rings. The first-order valence-corrected chi connectivity index (χ1v) is 7.73. The van der Waals surface area contributed by atoms with Crippen LogP contribution >= 0.6 is 15.9 Å². The fraction of sp³-hybridized carbons (Fsp3) is 0.600. The Morgan fingerprint density at radius 3 is 2.94 bits per heavy atom. The lowest BCUT2D eigenvalue weighted by Gasteiger charge is -2.29. The quantitative estimate of drug-likeness (QED) is 0.732. The maximum Gasteiger partial charge on any atom is 0.123 e. The second kappa shape index (κ2) is 5.20. The highest BCUT2D eigenvalue weighted by molar-refractivity contribution is 9.09. The average Bonchev–Trinajstić information content (AvgIpc) is 2.73. The summed E-state index contributed by atoms with van der Waals surface area (Å²) in [6.07, 6.45) is 7.43. The SMILES string of the molecule is Fc1ccc2c(c1)CC(CC1CCCCC1Br)O2. The van der Waals surface area contributed by atoms with Crippen molar-refractivity contribution in [2.45, 2.75) is 49.5 Å². The molecule has 1 aliphatic carbocycles. The molecule has 18 heavy (non-hydrogen) atoms. The van der Waals surface area contributed by atoms with Crippen LogP contribution in [0.4, 0.5) is 4.39 Å². The lowest BCUT2D eigenvalue weighted by Crippen LogP contribution is -2.26. The molecule has 1 aliphatic heterocycles. The second-order valence-corrected chi connectivity index (χ2v) is 6.67. The van der Waals surface area contributed by atoms with Crippen LogP contribution in [0.3, 0.4) is 0 Å². The summed E-state index contributed by atoms with van der Waals surface area (Å²) in [6, 6.07) is 4.86. The molecule has 3 rings (SSSR count). The number of rotatable bonds is 2. The highest BCUT2D eigenvalue weighted by Gasteiger charge is 2.30. The van der Waals surface area contributed by atoms with Gasteiger partial charge < -0.3 is 4.74 Å². The van der Waals surface area contributed by atoms with Gasteiger partial charge in [-0.05, 0) is 43.4 Å². The Balaban J connectivity index is 1.63. The predicted octanol–water partition coefficient (Wildman–Crippen LogP) is 4.47. The van der Waals surface area contributed by atoms with Gasteiger partial charge in [0, 0.05) is 16.8 Å². The molecule has 3 heteroatoms. The zero-order chi connectivity index (χ0) is 12.5. The molecule has 3 unspecified atom stereocenters. The monoisotopic (exact) mass is 312 g/mol. The Labute approximate surface area is 116 Å². The van der Waals surface area contributed by atoms with Crippen molar-refractivity contribution in [3.05, 3.63) is 29.6 Å². The Kier molecular flexibility index (Phi) is 3.60. The minimum absolute atomic E-state index is 0.158. The number of hydrogen-bond acceptors (Lipinski definition) is 1. The minimum atomic E-state index is -0.158. The average molecular weight is 313 g/mol. The zero-order valence-corrected chi connectivity index (χ0v) is 12.0. The topological polar surface area (TPSA) is 9.23 Å². The number of fused-ring (bicyclic) bond motifs is 1.